The second kappa shape index (κ2) is 45.7. The van der Waals surface area contributed by atoms with E-state index in [1.54, 1.807) is 55.4 Å². The van der Waals surface area contributed by atoms with Gasteiger partial charge in [-0.05, 0) is 147 Å². The zero-order valence-corrected chi connectivity index (χ0v) is 79.8. The smallest absolute Gasteiger partial charge is 0.254 e. The lowest BCUT2D eigenvalue weighted by molar-refractivity contribution is 0.0902. The minimum absolute atomic E-state index is 0.0624. The molecule has 0 atom stereocenters. The molecule has 18 N–H and O–H groups in total. The Morgan fingerprint density at radius 2 is 0.525 bits per heavy atom. The molecule has 0 unspecified atom stereocenters. The predicted molar refractivity (Wildman–Crippen MR) is 546 cm³/mol. The highest BCUT2D eigenvalue weighted by Gasteiger charge is 2.32. The van der Waals surface area contributed by atoms with Crippen LogP contribution in [0.25, 0.3) is 66.2 Å². The zero-order chi connectivity index (χ0) is 97.4. The number of aromatic nitrogens is 18. The summed E-state index contributed by atoms with van der Waals surface area (Å²) in [6, 6.07) is 21.1. The van der Waals surface area contributed by atoms with Crippen molar-refractivity contribution in [3.05, 3.63) is 172 Å². The van der Waals surface area contributed by atoms with Gasteiger partial charge in [0.15, 0.2) is 22.6 Å². The van der Waals surface area contributed by atoms with E-state index >= 15 is 0 Å². The number of aryl methyl sites for hydroxylation is 1. The summed E-state index contributed by atoms with van der Waals surface area (Å²) in [5.74, 6) is 3.86. The second-order valence-electron chi connectivity index (χ2n) is 37.8. The third-order valence-electron chi connectivity index (χ3n) is 27.6. The fourth-order valence-corrected chi connectivity index (χ4v) is 19.4. The van der Waals surface area contributed by atoms with Crippen LogP contribution in [0.2, 0.25) is 0 Å². The summed E-state index contributed by atoms with van der Waals surface area (Å²) < 4.78 is 42.6. The number of hydrogen-bond donors (Lipinski definition) is 12. The molecular weight excluding hydrogens is 1800 g/mol. The van der Waals surface area contributed by atoms with E-state index < -0.39 is 0 Å². The maximum Gasteiger partial charge on any atom is 0.254 e. The van der Waals surface area contributed by atoms with E-state index in [0.29, 0.717) is 170 Å². The van der Waals surface area contributed by atoms with Crippen LogP contribution in [0.1, 0.15) is 191 Å². The average Bonchev–Trinajstić information content (AvgIpc) is 1.75. The molecule has 10 aliphatic rings. The quantitative estimate of drug-likeness (QED) is 0.0337. The minimum atomic E-state index is -0.172. The molecule has 23 rings (SSSR count). The Labute approximate surface area is 812 Å². The Morgan fingerprint density at radius 3 is 0.809 bits per heavy atom. The highest BCUT2D eigenvalue weighted by molar-refractivity contribution is 5.92. The molecule has 4 aliphatic carbocycles. The molecule has 0 amide bonds. The molecule has 0 spiro atoms. The van der Waals surface area contributed by atoms with Gasteiger partial charge in [-0.25, -0.2) is 29.9 Å². The summed E-state index contributed by atoms with van der Waals surface area (Å²) in [4.78, 5) is 128. The standard InChI is InChI=1S/C19H21N5O2.C18H25N5O2.C17H23N5O2.C16H21N5O2.C15H19N5O2.C14H19N5O2/c20-16-10-17(25)24(12-13-4-2-1-3-5-13)18-15(16)11-21-19(23-18)22-14-6-8-26-9-7-14;19-15-10-16(24)23(13-4-2-1-3-5-13)17-14(15)11-20-18(22-17)21-12-6-8-25-9-7-12;18-14-9-15(23)22(12-3-1-2-4-12)16-13(14)10-19-17(21-16)20-11-5-7-24-8-6-11;17-13-7-14(22)21(9-10-1-2-10)15-12(13)8-18-16(20-15)19-11-3-5-23-6-4-11;16-12-7-13(21)20(10-1-2-10)14-11(12)8-17-15(19-14)18-9-3-5-22-6-4-9;1-2-19-12(20)7-11(15)10-8-16-14(18-13(10)19)17-9-3-5-21-6-4-9/h1-5,10-11,14H,6-9,12,20H2,(H,21,22,23);10-13H,1-9,19H2,(H,20,21,22);9-12H,1-8,18H2,(H,19,20,21);7-8,10-11H,1-6,9,17H2,(H,18,19,20);7-10H,1-6,16H2,(H,17,18,19);7-9H,2-6,15H2,1H3,(H,16,17,18). The number of fused-ring (bicyclic) bond motifs is 6. The van der Waals surface area contributed by atoms with Crippen LogP contribution in [0.3, 0.4) is 0 Å². The summed E-state index contributed by atoms with van der Waals surface area (Å²) in [6.45, 7) is 12.6. The first-order valence-corrected chi connectivity index (χ1v) is 49.9. The number of nitrogens with zero attached hydrogens (tertiary/aromatic N) is 18. The van der Waals surface area contributed by atoms with Crippen molar-refractivity contribution in [2.24, 2.45) is 5.92 Å². The SMILES string of the molecule is CCn1c(=O)cc(N)c2cnc(NC3CCOCC3)nc21.Nc1cc(=O)n(C2CC2)c2nc(NC3CCOCC3)ncc12.Nc1cc(=O)n(C2CCCC2)c2nc(NC3CCOCC3)ncc12.Nc1cc(=O)n(C2CCCCC2)c2nc(NC3CCOCC3)ncc12.Nc1cc(=O)n(CC2CC2)c2nc(NC3CCOCC3)ncc12.Nc1cc(=O)n(Cc2ccccc2)c2nc(NC3CCOCC3)ncc12. The predicted octanol–water partition coefficient (Wildman–Crippen LogP) is 10.2. The first-order chi connectivity index (χ1) is 68.8. The van der Waals surface area contributed by atoms with Crippen molar-refractivity contribution in [3.63, 3.8) is 0 Å². The Morgan fingerprint density at radius 1 is 0.284 bits per heavy atom. The molecule has 13 aromatic rings. The average molecular weight is 1930 g/mol. The van der Waals surface area contributed by atoms with Gasteiger partial charge in [-0.3, -0.25) is 56.2 Å². The summed E-state index contributed by atoms with van der Waals surface area (Å²) >= 11 is 0. The molecule has 0 bridgehead atoms. The lowest BCUT2D eigenvalue weighted by Gasteiger charge is -2.26. The maximum absolute atomic E-state index is 12.6. The highest BCUT2D eigenvalue weighted by atomic mass is 16.5. The van der Waals surface area contributed by atoms with E-state index in [4.69, 9.17) is 62.8 Å². The van der Waals surface area contributed by atoms with E-state index in [9.17, 15) is 28.8 Å². The van der Waals surface area contributed by atoms with Crippen LogP contribution < -0.4 is 99.7 Å². The van der Waals surface area contributed by atoms with Crippen LogP contribution in [0.5, 0.6) is 0 Å². The van der Waals surface area contributed by atoms with Gasteiger partial charge in [-0.1, -0.05) is 62.4 Å². The lowest BCUT2D eigenvalue weighted by atomic mass is 9.95. The third kappa shape index (κ3) is 24.3. The molecule has 10 fully saturated rings. The normalized spacial score (nSPS) is 18.3. The van der Waals surface area contributed by atoms with Crippen molar-refractivity contribution in [1.29, 1.82) is 0 Å². The van der Waals surface area contributed by atoms with Crippen molar-refractivity contribution >= 4 is 136 Å². The van der Waals surface area contributed by atoms with Crippen molar-refractivity contribution in [2.45, 2.75) is 241 Å². The molecular formula is C99H128N30O12. The number of nitrogen functional groups attached to an aromatic ring is 6. The van der Waals surface area contributed by atoms with Crippen molar-refractivity contribution in [2.75, 3.05) is 146 Å². The molecule has 746 valence electrons. The molecule has 42 nitrogen and oxygen atoms in total. The largest absolute Gasteiger partial charge is 0.398 e. The summed E-state index contributed by atoms with van der Waals surface area (Å²) in [5, 5.41) is 24.5. The molecule has 6 aliphatic heterocycles. The molecule has 12 aromatic heterocycles. The summed E-state index contributed by atoms with van der Waals surface area (Å²) in [7, 11) is 0. The molecule has 6 saturated heterocycles. The Hall–Kier alpha value is -13.7. The van der Waals surface area contributed by atoms with Gasteiger partial charge in [0.05, 0.1) is 38.9 Å². The van der Waals surface area contributed by atoms with E-state index in [1.165, 1.54) is 55.7 Å². The van der Waals surface area contributed by atoms with E-state index in [-0.39, 0.29) is 57.5 Å². The van der Waals surface area contributed by atoms with Crippen molar-refractivity contribution in [1.82, 2.24) is 87.2 Å². The fraction of sp³-hybridized carbons (Fsp3) is 0.515. The first kappa shape index (κ1) is 97.5. The van der Waals surface area contributed by atoms with Crippen LogP contribution in [0.4, 0.5) is 69.8 Å². The van der Waals surface area contributed by atoms with E-state index in [0.717, 1.165) is 248 Å². The van der Waals surface area contributed by atoms with Gasteiger partial charge in [0.25, 0.3) is 33.4 Å². The van der Waals surface area contributed by atoms with E-state index in [1.807, 2.05) is 46.4 Å². The summed E-state index contributed by atoms with van der Waals surface area (Å²) in [6.07, 6.45) is 35.7. The topological polar surface area (TPSA) is 570 Å². The van der Waals surface area contributed by atoms with Gasteiger partial charge < -0.3 is 94.7 Å². The van der Waals surface area contributed by atoms with Crippen LogP contribution in [-0.2, 0) is 48.1 Å². The third-order valence-corrected chi connectivity index (χ3v) is 27.6. The van der Waals surface area contributed by atoms with E-state index in [2.05, 4.69) is 91.7 Å². The van der Waals surface area contributed by atoms with Crippen molar-refractivity contribution in [3.8, 4) is 0 Å². The number of nitrogens with one attached hydrogen (secondary N) is 6. The summed E-state index contributed by atoms with van der Waals surface area (Å²) in [5.41, 5.74) is 42.6. The molecule has 141 heavy (non-hydrogen) atoms. The molecule has 4 saturated carbocycles. The first-order valence-electron chi connectivity index (χ1n) is 49.9. The lowest BCUT2D eigenvalue weighted by Crippen LogP contribution is -2.30. The van der Waals surface area contributed by atoms with Gasteiger partial charge in [0.1, 0.15) is 11.3 Å². The van der Waals surface area contributed by atoms with Crippen LogP contribution >= 0.6 is 0 Å². The highest BCUT2D eigenvalue weighted by Crippen LogP contribution is 2.39. The molecule has 42 heteroatoms. The zero-order valence-electron chi connectivity index (χ0n) is 79.8. The fourth-order valence-electron chi connectivity index (χ4n) is 19.4. The van der Waals surface area contributed by atoms with Crippen LogP contribution in [0.15, 0.2) is 133 Å². The van der Waals surface area contributed by atoms with Crippen LogP contribution in [-0.4, -0.2) is 203 Å². The van der Waals surface area contributed by atoms with Gasteiger partial charge in [-0.2, -0.15) is 29.9 Å². The van der Waals surface area contributed by atoms with Crippen molar-refractivity contribution < 1.29 is 28.4 Å². The monoisotopic (exact) mass is 1930 g/mol. The molecule has 18 heterocycles. The number of rotatable bonds is 20. The number of nitrogens with two attached hydrogens (primary N) is 6. The Bertz CT molecular complexity index is 6930. The Kier molecular flexibility index (Phi) is 31.6. The van der Waals surface area contributed by atoms with Gasteiger partial charge in [-0.15, -0.1) is 0 Å². The Balaban J connectivity index is 0.000000112. The molecule has 0 radical (unpaired) electrons. The van der Waals surface area contributed by atoms with Crippen LogP contribution in [0, 0.1) is 5.92 Å². The van der Waals surface area contributed by atoms with Gasteiger partial charge >= 0.3 is 0 Å². The number of pyridine rings is 6. The second-order valence-corrected chi connectivity index (χ2v) is 37.8. The number of ether oxygens (including phenoxy) is 6. The number of benzene rings is 1. The maximum atomic E-state index is 12.6. The van der Waals surface area contributed by atoms with Gasteiger partial charge in [0.2, 0.25) is 35.7 Å². The van der Waals surface area contributed by atoms with Gasteiger partial charge in [0, 0.05) is 254 Å². The number of hydrogen-bond acceptors (Lipinski definition) is 36. The minimum Gasteiger partial charge on any atom is -0.398 e. The molecule has 1 aromatic carbocycles. The number of anilines is 12.